The van der Waals surface area contributed by atoms with E-state index in [9.17, 15) is 9.59 Å². The van der Waals surface area contributed by atoms with Gasteiger partial charge in [0.2, 0.25) is 0 Å². The minimum Gasteiger partial charge on any atom is -0.339 e. The number of carbonyl (C=O) groups is 2. The van der Waals surface area contributed by atoms with E-state index in [-0.39, 0.29) is 11.8 Å². The molecular weight excluding hydrogens is 380 g/mol. The Hall–Kier alpha value is -2.14. The number of amides is 2. The molecule has 1 fully saturated rings. The third kappa shape index (κ3) is 4.28. The molecule has 3 rings (SSSR count). The number of halogens is 1. The molecule has 2 aromatic carbocycles. The lowest BCUT2D eigenvalue weighted by molar-refractivity contribution is 0.0758. The molecule has 0 bridgehead atoms. The van der Waals surface area contributed by atoms with Crippen molar-refractivity contribution in [1.82, 2.24) is 4.90 Å². The van der Waals surface area contributed by atoms with E-state index < -0.39 is 0 Å². The van der Waals surface area contributed by atoms with E-state index in [4.69, 9.17) is 0 Å². The van der Waals surface area contributed by atoms with Crippen LogP contribution in [-0.2, 0) is 0 Å². The van der Waals surface area contributed by atoms with Crippen LogP contribution in [0.4, 0.5) is 5.69 Å². The minimum atomic E-state index is -0.238. The van der Waals surface area contributed by atoms with Gasteiger partial charge in [0.1, 0.15) is 0 Å². The van der Waals surface area contributed by atoms with Crippen LogP contribution in [-0.4, -0.2) is 29.8 Å². The van der Waals surface area contributed by atoms with Crippen molar-refractivity contribution in [2.24, 2.45) is 5.92 Å². The lowest BCUT2D eigenvalue weighted by atomic mass is 10.1. The highest BCUT2D eigenvalue weighted by molar-refractivity contribution is 9.10. The van der Waals surface area contributed by atoms with Crippen molar-refractivity contribution in [3.63, 3.8) is 0 Å². The highest BCUT2D eigenvalue weighted by Gasteiger charge is 2.27. The molecule has 2 aromatic rings. The number of rotatable bonds is 6. The number of carbonyl (C=O) groups excluding carboxylic acids is 2. The molecule has 130 valence electrons. The summed E-state index contributed by atoms with van der Waals surface area (Å²) >= 11 is 3.39. The Morgan fingerprint density at radius 3 is 2.36 bits per heavy atom. The Bertz CT molecular complexity index is 787. The number of hydrogen-bond acceptors (Lipinski definition) is 2. The van der Waals surface area contributed by atoms with Crippen molar-refractivity contribution in [2.75, 3.05) is 18.4 Å². The van der Waals surface area contributed by atoms with Crippen LogP contribution in [0.5, 0.6) is 0 Å². The fourth-order valence-corrected chi connectivity index (χ4v) is 3.22. The Morgan fingerprint density at radius 1 is 1.08 bits per heavy atom. The second-order valence-electron chi connectivity index (χ2n) is 6.27. The van der Waals surface area contributed by atoms with Crippen LogP contribution in [0.25, 0.3) is 0 Å². The number of anilines is 1. The molecule has 0 aromatic heterocycles. The lowest BCUT2D eigenvalue weighted by Crippen LogP contribution is -2.33. The largest absolute Gasteiger partial charge is 0.339 e. The molecule has 4 nitrogen and oxygen atoms in total. The molecule has 0 unspecified atom stereocenters. The topological polar surface area (TPSA) is 49.4 Å². The first-order valence-corrected chi connectivity index (χ1v) is 9.33. The molecule has 0 spiro atoms. The number of hydrogen-bond donors (Lipinski definition) is 1. The monoisotopic (exact) mass is 400 g/mol. The van der Waals surface area contributed by atoms with E-state index >= 15 is 0 Å². The van der Waals surface area contributed by atoms with Gasteiger partial charge in [-0.2, -0.15) is 0 Å². The SMILES string of the molecule is CCN(CC1CC1)C(=O)c1ccccc1NC(=O)c1ccccc1Br. The number of benzene rings is 2. The molecular formula is C20H21BrN2O2. The quantitative estimate of drug-likeness (QED) is 0.771. The summed E-state index contributed by atoms with van der Waals surface area (Å²) in [5, 5.41) is 2.88. The van der Waals surface area contributed by atoms with Crippen molar-refractivity contribution >= 4 is 33.4 Å². The molecule has 1 N–H and O–H groups in total. The summed E-state index contributed by atoms with van der Waals surface area (Å²) in [6.45, 7) is 3.45. The second-order valence-corrected chi connectivity index (χ2v) is 7.12. The molecule has 1 saturated carbocycles. The standard InChI is InChI=1S/C20H21BrN2O2/c1-2-23(13-14-11-12-14)20(25)16-8-4-6-10-18(16)22-19(24)15-7-3-5-9-17(15)21/h3-10,14H,2,11-13H2,1H3,(H,22,24). The first kappa shape index (κ1) is 17.7. The summed E-state index contributed by atoms with van der Waals surface area (Å²) in [5.41, 5.74) is 1.61. The zero-order chi connectivity index (χ0) is 17.8. The summed E-state index contributed by atoms with van der Waals surface area (Å²) in [4.78, 5) is 27.3. The highest BCUT2D eigenvalue weighted by Crippen LogP contribution is 2.30. The normalized spacial score (nSPS) is 13.4. The van der Waals surface area contributed by atoms with Gasteiger partial charge in [0, 0.05) is 17.6 Å². The maximum atomic E-state index is 12.9. The molecule has 2 amide bonds. The van der Waals surface area contributed by atoms with Crippen LogP contribution in [0.2, 0.25) is 0 Å². The first-order valence-electron chi connectivity index (χ1n) is 8.54. The second kappa shape index (κ2) is 7.83. The number of nitrogens with one attached hydrogen (secondary N) is 1. The molecule has 1 aliphatic rings. The minimum absolute atomic E-state index is 0.0302. The van der Waals surface area contributed by atoms with Gasteiger partial charge in [-0.1, -0.05) is 24.3 Å². The van der Waals surface area contributed by atoms with Crippen molar-refractivity contribution in [3.8, 4) is 0 Å². The molecule has 0 radical (unpaired) electrons. The van der Waals surface area contributed by atoms with Crippen molar-refractivity contribution < 1.29 is 9.59 Å². The Labute approximate surface area is 156 Å². The molecule has 0 saturated heterocycles. The zero-order valence-electron chi connectivity index (χ0n) is 14.2. The highest BCUT2D eigenvalue weighted by atomic mass is 79.9. The molecule has 0 heterocycles. The average molecular weight is 401 g/mol. The van der Waals surface area contributed by atoms with Crippen LogP contribution < -0.4 is 5.32 Å². The summed E-state index contributed by atoms with van der Waals surface area (Å²) in [6.07, 6.45) is 2.40. The third-order valence-electron chi connectivity index (χ3n) is 4.37. The van der Waals surface area contributed by atoms with E-state index in [0.29, 0.717) is 29.3 Å². The van der Waals surface area contributed by atoms with E-state index in [0.717, 1.165) is 11.0 Å². The molecule has 5 heteroatoms. The van der Waals surface area contributed by atoms with Crippen LogP contribution >= 0.6 is 15.9 Å². The molecule has 0 atom stereocenters. The smallest absolute Gasteiger partial charge is 0.256 e. The zero-order valence-corrected chi connectivity index (χ0v) is 15.8. The Balaban J connectivity index is 1.81. The van der Waals surface area contributed by atoms with Gasteiger partial charge < -0.3 is 10.2 Å². The summed E-state index contributed by atoms with van der Waals surface area (Å²) in [5.74, 6) is 0.362. The Morgan fingerprint density at radius 2 is 1.72 bits per heavy atom. The van der Waals surface area contributed by atoms with Crippen LogP contribution in [0.3, 0.4) is 0 Å². The van der Waals surface area contributed by atoms with Crippen molar-refractivity contribution in [1.29, 1.82) is 0 Å². The maximum absolute atomic E-state index is 12.9. The van der Waals surface area contributed by atoms with Crippen molar-refractivity contribution in [3.05, 3.63) is 64.1 Å². The van der Waals surface area contributed by atoms with Crippen LogP contribution in [0, 0.1) is 5.92 Å². The molecule has 0 aliphatic heterocycles. The molecule has 25 heavy (non-hydrogen) atoms. The van der Waals surface area contributed by atoms with Gasteiger partial charge in [0.25, 0.3) is 11.8 Å². The lowest BCUT2D eigenvalue weighted by Gasteiger charge is -2.22. The van der Waals surface area contributed by atoms with Crippen molar-refractivity contribution in [2.45, 2.75) is 19.8 Å². The van der Waals surface area contributed by atoms with Gasteiger partial charge >= 0.3 is 0 Å². The Kier molecular flexibility index (Phi) is 5.53. The third-order valence-corrected chi connectivity index (χ3v) is 5.06. The van der Waals surface area contributed by atoms with E-state index in [1.165, 1.54) is 12.8 Å². The summed E-state index contributed by atoms with van der Waals surface area (Å²) in [7, 11) is 0. The van der Waals surface area contributed by atoms with Gasteiger partial charge in [-0.15, -0.1) is 0 Å². The van der Waals surface area contributed by atoms with E-state index in [1.54, 1.807) is 18.2 Å². The van der Waals surface area contributed by atoms with E-state index in [2.05, 4.69) is 21.2 Å². The van der Waals surface area contributed by atoms with E-state index in [1.807, 2.05) is 42.2 Å². The van der Waals surface area contributed by atoms with Crippen LogP contribution in [0.1, 0.15) is 40.5 Å². The van der Waals surface area contributed by atoms with Gasteiger partial charge in [-0.3, -0.25) is 9.59 Å². The average Bonchev–Trinajstić information content (AvgIpc) is 3.44. The summed E-state index contributed by atoms with van der Waals surface area (Å²) in [6, 6.07) is 14.4. The van der Waals surface area contributed by atoms with Gasteiger partial charge in [-0.25, -0.2) is 0 Å². The summed E-state index contributed by atoms with van der Waals surface area (Å²) < 4.78 is 0.722. The first-order chi connectivity index (χ1) is 12.1. The van der Waals surface area contributed by atoms with Gasteiger partial charge in [-0.05, 0) is 65.9 Å². The number of nitrogens with zero attached hydrogens (tertiary/aromatic N) is 1. The molecule has 1 aliphatic carbocycles. The van der Waals surface area contributed by atoms with Gasteiger partial charge in [0.05, 0.1) is 16.8 Å². The maximum Gasteiger partial charge on any atom is 0.256 e. The van der Waals surface area contributed by atoms with Crippen LogP contribution in [0.15, 0.2) is 53.0 Å². The fraction of sp³-hybridized carbons (Fsp3) is 0.300. The van der Waals surface area contributed by atoms with Gasteiger partial charge in [0.15, 0.2) is 0 Å². The predicted molar refractivity (Wildman–Crippen MR) is 103 cm³/mol. The number of para-hydroxylation sites is 1. The fourth-order valence-electron chi connectivity index (χ4n) is 2.75. The predicted octanol–water partition coefficient (Wildman–Crippen LogP) is 4.57.